The smallest absolute Gasteiger partial charge is 0.390 e. The lowest BCUT2D eigenvalue weighted by molar-refractivity contribution is -0.137. The lowest BCUT2D eigenvalue weighted by Gasteiger charge is -2.32. The molecule has 0 saturated carbocycles. The van der Waals surface area contributed by atoms with Crippen molar-refractivity contribution >= 4 is 28.2 Å². The third kappa shape index (κ3) is 5.14. The number of alkyl halides is 3. The Labute approximate surface area is 164 Å². The Morgan fingerprint density at radius 1 is 1.29 bits per heavy atom. The number of carbonyl (C=O) groups is 1. The van der Waals surface area contributed by atoms with E-state index < -0.39 is 11.7 Å². The summed E-state index contributed by atoms with van der Waals surface area (Å²) in [4.78, 5) is 18.0. The first-order valence-electron chi connectivity index (χ1n) is 8.88. The van der Waals surface area contributed by atoms with Crippen molar-refractivity contribution in [1.29, 1.82) is 0 Å². The molecule has 3 N–H and O–H groups in total. The first-order valence-corrected chi connectivity index (χ1v) is 9.76. The first kappa shape index (κ1) is 20.4. The number of carbonyl (C=O) groups excluding carboxylic acids is 1. The molecule has 0 spiro atoms. The number of amides is 2. The van der Waals surface area contributed by atoms with Crippen LogP contribution < -0.4 is 10.6 Å². The summed E-state index contributed by atoms with van der Waals surface area (Å²) < 4.78 is 39.1. The van der Waals surface area contributed by atoms with Crippen LogP contribution in [-0.4, -0.2) is 40.7 Å². The molecule has 1 fully saturated rings. The number of nitrogens with zero attached hydrogens (tertiary/aromatic N) is 2. The van der Waals surface area contributed by atoms with E-state index in [1.54, 1.807) is 16.3 Å². The van der Waals surface area contributed by atoms with E-state index in [1.165, 1.54) is 23.5 Å². The van der Waals surface area contributed by atoms with Gasteiger partial charge >= 0.3 is 12.2 Å². The van der Waals surface area contributed by atoms with E-state index >= 15 is 0 Å². The van der Waals surface area contributed by atoms with Gasteiger partial charge < -0.3 is 15.3 Å². The van der Waals surface area contributed by atoms with E-state index in [2.05, 4.69) is 15.6 Å². The normalized spacial score (nSPS) is 15.5. The summed E-state index contributed by atoms with van der Waals surface area (Å²) in [5.41, 5.74) is -0.0830. The largest absolute Gasteiger partial charge is 0.418 e. The van der Waals surface area contributed by atoms with E-state index in [9.17, 15) is 18.0 Å². The molecule has 1 aromatic carbocycles. The van der Waals surface area contributed by atoms with Crippen LogP contribution in [0.4, 0.5) is 28.8 Å². The van der Waals surface area contributed by atoms with Crippen molar-refractivity contribution < 1.29 is 23.1 Å². The van der Waals surface area contributed by atoms with Crippen molar-refractivity contribution in [2.24, 2.45) is 5.92 Å². The molecular weight excluding hydrogens is 393 g/mol. The Hall–Kier alpha value is -2.33. The highest BCUT2D eigenvalue weighted by Gasteiger charge is 2.33. The van der Waals surface area contributed by atoms with Gasteiger partial charge in [0.05, 0.1) is 17.9 Å². The number of rotatable bonds is 5. The average molecular weight is 414 g/mol. The number of aliphatic hydroxyl groups is 1. The van der Waals surface area contributed by atoms with Crippen LogP contribution in [0.15, 0.2) is 29.6 Å². The molecule has 0 aliphatic carbocycles. The number of piperidine rings is 1. The molecule has 10 heteroatoms. The van der Waals surface area contributed by atoms with Gasteiger partial charge in [-0.1, -0.05) is 12.1 Å². The van der Waals surface area contributed by atoms with Crippen LogP contribution in [0.5, 0.6) is 0 Å². The fourth-order valence-electron chi connectivity index (χ4n) is 3.09. The van der Waals surface area contributed by atoms with Crippen LogP contribution >= 0.6 is 11.3 Å². The molecule has 2 heterocycles. The maximum absolute atomic E-state index is 13.0. The zero-order valence-corrected chi connectivity index (χ0v) is 15.8. The number of thiazole rings is 1. The Morgan fingerprint density at radius 3 is 2.64 bits per heavy atom. The average Bonchev–Trinajstić information content (AvgIpc) is 3.14. The molecule has 0 unspecified atom stereocenters. The highest BCUT2D eigenvalue weighted by molar-refractivity contribution is 7.13. The first-order chi connectivity index (χ1) is 13.4. The maximum atomic E-state index is 13.0. The van der Waals surface area contributed by atoms with Gasteiger partial charge in [-0.05, 0) is 30.9 Å². The summed E-state index contributed by atoms with van der Waals surface area (Å²) in [6.07, 6.45) is -2.99. The zero-order valence-electron chi connectivity index (χ0n) is 15.0. The van der Waals surface area contributed by atoms with E-state index in [1.807, 2.05) is 0 Å². The third-order valence-corrected chi connectivity index (χ3v) is 5.45. The minimum atomic E-state index is -4.39. The van der Waals surface area contributed by atoms with E-state index in [0.29, 0.717) is 43.3 Å². The molecule has 1 aromatic heterocycles. The number of benzene rings is 1. The number of aromatic nitrogens is 1. The summed E-state index contributed by atoms with van der Waals surface area (Å²) in [6.45, 7) is 1.30. The highest BCUT2D eigenvalue weighted by atomic mass is 32.1. The molecule has 6 nitrogen and oxygen atoms in total. The number of para-hydroxylation sites is 1. The van der Waals surface area contributed by atoms with Gasteiger partial charge in [0.1, 0.15) is 0 Å². The second-order valence-electron chi connectivity index (χ2n) is 6.59. The highest BCUT2D eigenvalue weighted by Crippen LogP contribution is 2.34. The van der Waals surface area contributed by atoms with Gasteiger partial charge in [-0.3, -0.25) is 5.32 Å². The Balaban J connectivity index is 1.47. The summed E-state index contributed by atoms with van der Waals surface area (Å²) in [5, 5.41) is 16.7. The van der Waals surface area contributed by atoms with Gasteiger partial charge in [0.15, 0.2) is 5.13 Å². The van der Waals surface area contributed by atoms with Gasteiger partial charge in [-0.2, -0.15) is 13.2 Å². The number of hydrogen-bond acceptors (Lipinski definition) is 5. The zero-order chi connectivity index (χ0) is 20.1. The van der Waals surface area contributed by atoms with Gasteiger partial charge in [-0.15, -0.1) is 11.3 Å². The number of anilines is 2. The molecule has 0 bridgehead atoms. The molecule has 1 saturated heterocycles. The maximum Gasteiger partial charge on any atom is 0.418 e. The van der Waals surface area contributed by atoms with Crippen LogP contribution in [0.25, 0.3) is 0 Å². The molecule has 0 radical (unpaired) electrons. The molecule has 152 valence electrons. The molecule has 28 heavy (non-hydrogen) atoms. The lowest BCUT2D eigenvalue weighted by Crippen LogP contribution is -2.42. The molecule has 3 rings (SSSR count). The van der Waals surface area contributed by atoms with Crippen molar-refractivity contribution in [2.45, 2.75) is 25.6 Å². The van der Waals surface area contributed by atoms with Crippen molar-refractivity contribution in [3.05, 3.63) is 40.9 Å². The van der Waals surface area contributed by atoms with E-state index in [-0.39, 0.29) is 24.2 Å². The number of likely N-dealkylation sites (tertiary alicyclic amines) is 1. The molecule has 0 atom stereocenters. The Kier molecular flexibility index (Phi) is 6.40. The molecule has 1 aliphatic rings. The van der Waals surface area contributed by atoms with Gasteiger partial charge in [0.2, 0.25) is 0 Å². The van der Waals surface area contributed by atoms with Crippen LogP contribution in [0, 0.1) is 5.92 Å². The van der Waals surface area contributed by atoms with Gasteiger partial charge in [0.25, 0.3) is 0 Å². The van der Waals surface area contributed by atoms with Crippen LogP contribution in [-0.2, 0) is 12.8 Å². The molecule has 1 aliphatic heterocycles. The standard InChI is InChI=1S/C18H21F3N4O2S/c19-18(20,21)14-3-1-2-4-15(14)22-9-12-5-7-25(8-6-12)17(27)24-16-23-13(10-26)11-28-16/h1-4,11-12,22,26H,5-10H2,(H,23,24,27). The van der Waals surface area contributed by atoms with Gasteiger partial charge in [-0.25, -0.2) is 9.78 Å². The summed E-state index contributed by atoms with van der Waals surface area (Å²) in [5.74, 6) is 0.186. The van der Waals surface area contributed by atoms with Crippen molar-refractivity contribution in [3.8, 4) is 0 Å². The number of nitrogens with one attached hydrogen (secondary N) is 2. The van der Waals surface area contributed by atoms with Crippen LogP contribution in [0.1, 0.15) is 24.1 Å². The molecule has 2 aromatic rings. The number of halogens is 3. The number of aliphatic hydroxyl groups excluding tert-OH is 1. The summed E-state index contributed by atoms with van der Waals surface area (Å²) in [6, 6.07) is 5.19. The van der Waals surface area contributed by atoms with Crippen LogP contribution in [0.2, 0.25) is 0 Å². The van der Waals surface area contributed by atoms with E-state index in [0.717, 1.165) is 6.07 Å². The predicted octanol–water partition coefficient (Wildman–Crippen LogP) is 4.01. The Morgan fingerprint density at radius 2 is 2.00 bits per heavy atom. The topological polar surface area (TPSA) is 77.5 Å². The fourth-order valence-corrected chi connectivity index (χ4v) is 3.78. The van der Waals surface area contributed by atoms with Crippen LogP contribution in [0.3, 0.4) is 0 Å². The minimum Gasteiger partial charge on any atom is -0.390 e. The number of urea groups is 1. The second kappa shape index (κ2) is 8.78. The minimum absolute atomic E-state index is 0.0821. The number of hydrogen-bond donors (Lipinski definition) is 3. The molecule has 2 amide bonds. The molecular formula is C18H21F3N4O2S. The van der Waals surface area contributed by atoms with Crippen molar-refractivity contribution in [3.63, 3.8) is 0 Å². The lowest BCUT2D eigenvalue weighted by atomic mass is 9.96. The SMILES string of the molecule is O=C(Nc1nc(CO)cs1)N1CCC(CNc2ccccc2C(F)(F)F)CC1. The van der Waals surface area contributed by atoms with Crippen molar-refractivity contribution in [2.75, 3.05) is 30.3 Å². The van der Waals surface area contributed by atoms with E-state index in [4.69, 9.17) is 5.11 Å². The fraction of sp³-hybridized carbons (Fsp3) is 0.444. The summed E-state index contributed by atoms with van der Waals surface area (Å²) >= 11 is 1.24. The van der Waals surface area contributed by atoms with Gasteiger partial charge in [0, 0.05) is 30.7 Å². The second-order valence-corrected chi connectivity index (χ2v) is 7.45. The van der Waals surface area contributed by atoms with Crippen molar-refractivity contribution in [1.82, 2.24) is 9.88 Å². The Bertz CT molecular complexity index is 804. The predicted molar refractivity (Wildman–Crippen MR) is 101 cm³/mol. The third-order valence-electron chi connectivity index (χ3n) is 4.64. The monoisotopic (exact) mass is 414 g/mol. The quantitative estimate of drug-likeness (QED) is 0.691. The summed E-state index contributed by atoms with van der Waals surface area (Å²) in [7, 11) is 0.